The number of hydrogen-bond donors (Lipinski definition) is 1. The third-order valence-corrected chi connectivity index (χ3v) is 3.39. The zero-order valence-corrected chi connectivity index (χ0v) is 12.2. The molecule has 2 aromatic rings. The Bertz CT molecular complexity index is 558. The van der Waals surface area contributed by atoms with E-state index in [4.69, 9.17) is 23.2 Å². The first-order valence-corrected chi connectivity index (χ1v) is 6.93. The van der Waals surface area contributed by atoms with Crippen LogP contribution in [0.25, 0.3) is 0 Å². The first kappa shape index (κ1) is 14.1. The molecular formula is C14H15Cl2N3. The van der Waals surface area contributed by atoms with Crippen LogP contribution < -0.4 is 5.32 Å². The maximum absolute atomic E-state index is 6.12. The van der Waals surface area contributed by atoms with Crippen LogP contribution in [-0.2, 0) is 12.8 Å². The molecule has 0 spiro atoms. The molecule has 5 heteroatoms. The molecule has 100 valence electrons. The highest BCUT2D eigenvalue weighted by Crippen LogP contribution is 2.21. The largest absolute Gasteiger partial charge is 0.370 e. The first-order chi connectivity index (χ1) is 9.19. The fraction of sp³-hybridized carbons (Fsp3) is 0.286. The number of nitrogens with zero attached hydrogens (tertiary/aromatic N) is 2. The lowest BCUT2D eigenvalue weighted by Gasteiger charge is -2.08. The van der Waals surface area contributed by atoms with Gasteiger partial charge in [-0.15, -0.1) is 0 Å². The average molecular weight is 296 g/mol. The van der Waals surface area contributed by atoms with Crippen LogP contribution in [0.3, 0.4) is 0 Å². The van der Waals surface area contributed by atoms with Gasteiger partial charge in [0.15, 0.2) is 0 Å². The van der Waals surface area contributed by atoms with Crippen LogP contribution in [-0.4, -0.2) is 16.5 Å². The van der Waals surface area contributed by atoms with Crippen molar-refractivity contribution in [2.45, 2.75) is 19.8 Å². The number of aromatic nitrogens is 2. The standard InChI is InChI=1S/C14H15Cl2N3/c1-2-12-8-14(19-9-18-12)17-6-5-10-3-4-11(15)7-13(10)16/h3-4,7-9H,2,5-6H2,1H3,(H,17,18,19). The molecule has 0 radical (unpaired) electrons. The van der Waals surface area contributed by atoms with E-state index in [1.807, 2.05) is 18.2 Å². The molecule has 0 aliphatic heterocycles. The molecule has 19 heavy (non-hydrogen) atoms. The second-order valence-electron chi connectivity index (χ2n) is 4.16. The molecule has 0 fully saturated rings. The van der Waals surface area contributed by atoms with Gasteiger partial charge in [0.05, 0.1) is 0 Å². The fourth-order valence-corrected chi connectivity index (χ4v) is 2.24. The number of benzene rings is 1. The van der Waals surface area contributed by atoms with Crippen LogP contribution in [0, 0.1) is 0 Å². The highest BCUT2D eigenvalue weighted by atomic mass is 35.5. The molecule has 1 aromatic heterocycles. The Kier molecular flexibility index (Phi) is 5.00. The van der Waals surface area contributed by atoms with E-state index in [-0.39, 0.29) is 0 Å². The summed E-state index contributed by atoms with van der Waals surface area (Å²) in [4.78, 5) is 8.34. The molecule has 3 nitrogen and oxygen atoms in total. The predicted molar refractivity (Wildman–Crippen MR) is 80.1 cm³/mol. The smallest absolute Gasteiger partial charge is 0.129 e. The average Bonchev–Trinajstić information content (AvgIpc) is 2.41. The molecule has 1 heterocycles. The zero-order chi connectivity index (χ0) is 13.7. The summed E-state index contributed by atoms with van der Waals surface area (Å²) in [5.74, 6) is 0.844. The van der Waals surface area contributed by atoms with Gasteiger partial charge in [0, 0.05) is 28.4 Å². The number of anilines is 1. The molecular weight excluding hydrogens is 281 g/mol. The summed E-state index contributed by atoms with van der Waals surface area (Å²) < 4.78 is 0. The van der Waals surface area contributed by atoms with E-state index in [1.165, 1.54) is 0 Å². The monoisotopic (exact) mass is 295 g/mol. The van der Waals surface area contributed by atoms with Crippen molar-refractivity contribution in [3.8, 4) is 0 Å². The summed E-state index contributed by atoms with van der Waals surface area (Å²) in [6, 6.07) is 7.52. The molecule has 0 saturated heterocycles. The summed E-state index contributed by atoms with van der Waals surface area (Å²) in [6.45, 7) is 2.83. The zero-order valence-electron chi connectivity index (χ0n) is 10.7. The molecule has 1 N–H and O–H groups in total. The van der Waals surface area contributed by atoms with Gasteiger partial charge in [-0.3, -0.25) is 0 Å². The quantitative estimate of drug-likeness (QED) is 0.906. The Hall–Kier alpha value is -1.32. The molecule has 0 saturated carbocycles. The van der Waals surface area contributed by atoms with Gasteiger partial charge in [0.2, 0.25) is 0 Å². The van der Waals surface area contributed by atoms with Gasteiger partial charge in [-0.1, -0.05) is 36.2 Å². The summed E-state index contributed by atoms with van der Waals surface area (Å²) in [5.41, 5.74) is 2.10. The van der Waals surface area contributed by atoms with Crippen molar-refractivity contribution in [3.05, 3.63) is 51.9 Å². The van der Waals surface area contributed by atoms with Gasteiger partial charge in [-0.25, -0.2) is 9.97 Å². The van der Waals surface area contributed by atoms with Crippen molar-refractivity contribution >= 4 is 29.0 Å². The summed E-state index contributed by atoms with van der Waals surface area (Å²) in [7, 11) is 0. The topological polar surface area (TPSA) is 37.8 Å². The lowest BCUT2D eigenvalue weighted by molar-refractivity contribution is 0.968. The maximum atomic E-state index is 6.12. The normalized spacial score (nSPS) is 10.5. The highest BCUT2D eigenvalue weighted by Gasteiger charge is 2.02. The lowest BCUT2D eigenvalue weighted by atomic mass is 10.1. The van der Waals surface area contributed by atoms with Crippen LogP contribution in [0.5, 0.6) is 0 Å². The van der Waals surface area contributed by atoms with E-state index in [9.17, 15) is 0 Å². The van der Waals surface area contributed by atoms with Crippen molar-refractivity contribution in [3.63, 3.8) is 0 Å². The molecule has 0 aliphatic rings. The van der Waals surface area contributed by atoms with Crippen LogP contribution in [0.1, 0.15) is 18.2 Å². The first-order valence-electron chi connectivity index (χ1n) is 6.17. The van der Waals surface area contributed by atoms with E-state index in [0.717, 1.165) is 36.5 Å². The number of hydrogen-bond acceptors (Lipinski definition) is 3. The number of nitrogens with one attached hydrogen (secondary N) is 1. The van der Waals surface area contributed by atoms with Crippen LogP contribution in [0.2, 0.25) is 10.0 Å². The Labute approximate surface area is 123 Å². The van der Waals surface area contributed by atoms with Gasteiger partial charge in [0.25, 0.3) is 0 Å². The minimum atomic E-state index is 0.657. The second kappa shape index (κ2) is 6.73. The number of rotatable bonds is 5. The van der Waals surface area contributed by atoms with Crippen LogP contribution in [0.4, 0.5) is 5.82 Å². The Balaban J connectivity index is 1.92. The number of aryl methyl sites for hydroxylation is 1. The fourth-order valence-electron chi connectivity index (χ4n) is 1.74. The van der Waals surface area contributed by atoms with Crippen molar-refractivity contribution < 1.29 is 0 Å². The van der Waals surface area contributed by atoms with E-state index in [1.54, 1.807) is 12.4 Å². The highest BCUT2D eigenvalue weighted by molar-refractivity contribution is 6.35. The van der Waals surface area contributed by atoms with Crippen molar-refractivity contribution in [2.24, 2.45) is 0 Å². The summed E-state index contributed by atoms with van der Waals surface area (Å²) >= 11 is 12.0. The van der Waals surface area contributed by atoms with Gasteiger partial charge in [0.1, 0.15) is 12.1 Å². The predicted octanol–water partition coefficient (Wildman–Crippen LogP) is 4.00. The lowest BCUT2D eigenvalue weighted by Crippen LogP contribution is -2.07. The molecule has 0 unspecified atom stereocenters. The molecule has 2 rings (SSSR count). The van der Waals surface area contributed by atoms with E-state index < -0.39 is 0 Å². The number of halogens is 2. The summed E-state index contributed by atoms with van der Waals surface area (Å²) in [5, 5.41) is 4.62. The Morgan fingerprint density at radius 1 is 1.16 bits per heavy atom. The third kappa shape index (κ3) is 4.08. The van der Waals surface area contributed by atoms with Crippen LogP contribution in [0.15, 0.2) is 30.6 Å². The Morgan fingerprint density at radius 2 is 2.00 bits per heavy atom. The molecule has 0 aliphatic carbocycles. The summed E-state index contributed by atoms with van der Waals surface area (Å²) in [6.07, 6.45) is 3.30. The molecule has 1 aromatic carbocycles. The Morgan fingerprint density at radius 3 is 2.74 bits per heavy atom. The SMILES string of the molecule is CCc1cc(NCCc2ccc(Cl)cc2Cl)ncn1. The molecule has 0 atom stereocenters. The van der Waals surface area contributed by atoms with Gasteiger partial charge in [-0.2, -0.15) is 0 Å². The second-order valence-corrected chi connectivity index (χ2v) is 5.00. The van der Waals surface area contributed by atoms with Crippen molar-refractivity contribution in [2.75, 3.05) is 11.9 Å². The minimum absolute atomic E-state index is 0.657. The molecule has 0 amide bonds. The van der Waals surface area contributed by atoms with E-state index in [0.29, 0.717) is 10.0 Å². The van der Waals surface area contributed by atoms with Gasteiger partial charge >= 0.3 is 0 Å². The van der Waals surface area contributed by atoms with Crippen LogP contribution >= 0.6 is 23.2 Å². The van der Waals surface area contributed by atoms with Gasteiger partial charge < -0.3 is 5.32 Å². The molecule has 0 bridgehead atoms. The minimum Gasteiger partial charge on any atom is -0.370 e. The van der Waals surface area contributed by atoms with E-state index in [2.05, 4.69) is 22.2 Å². The van der Waals surface area contributed by atoms with E-state index >= 15 is 0 Å². The van der Waals surface area contributed by atoms with Gasteiger partial charge in [-0.05, 0) is 30.5 Å². The third-order valence-electron chi connectivity index (χ3n) is 2.80. The van der Waals surface area contributed by atoms with Crippen molar-refractivity contribution in [1.29, 1.82) is 0 Å². The van der Waals surface area contributed by atoms with Crippen molar-refractivity contribution in [1.82, 2.24) is 9.97 Å². The maximum Gasteiger partial charge on any atom is 0.129 e.